The lowest BCUT2D eigenvalue weighted by Crippen LogP contribution is -2.41. The van der Waals surface area contributed by atoms with E-state index in [4.69, 9.17) is 0 Å². The SMILES string of the molecule is CCNC(=NCC(CC)(CC)CCO)NCC1CCN(CC(F)(F)F)C1.I. The maximum atomic E-state index is 12.5. The van der Waals surface area contributed by atoms with Crippen molar-refractivity contribution in [1.29, 1.82) is 0 Å². The molecular weight excluding hydrogens is 472 g/mol. The topological polar surface area (TPSA) is 59.9 Å². The van der Waals surface area contributed by atoms with Crippen molar-refractivity contribution < 1.29 is 18.3 Å². The van der Waals surface area contributed by atoms with Gasteiger partial charge < -0.3 is 15.7 Å². The minimum absolute atomic E-state index is 0. The van der Waals surface area contributed by atoms with Crippen LogP contribution in [0.3, 0.4) is 0 Å². The number of guanidine groups is 1. The Morgan fingerprint density at radius 1 is 1.19 bits per heavy atom. The highest BCUT2D eigenvalue weighted by Crippen LogP contribution is 2.30. The van der Waals surface area contributed by atoms with Crippen LogP contribution in [0, 0.1) is 11.3 Å². The van der Waals surface area contributed by atoms with E-state index in [1.807, 2.05) is 6.92 Å². The van der Waals surface area contributed by atoms with Crippen LogP contribution >= 0.6 is 24.0 Å². The van der Waals surface area contributed by atoms with Crippen molar-refractivity contribution in [3.8, 4) is 0 Å². The molecule has 0 amide bonds. The average molecular weight is 508 g/mol. The highest BCUT2D eigenvalue weighted by atomic mass is 127. The van der Waals surface area contributed by atoms with Gasteiger partial charge in [-0.1, -0.05) is 13.8 Å². The molecule has 0 aromatic rings. The highest BCUT2D eigenvalue weighted by molar-refractivity contribution is 14.0. The zero-order chi connectivity index (χ0) is 19.6. The van der Waals surface area contributed by atoms with E-state index in [1.165, 1.54) is 4.90 Å². The van der Waals surface area contributed by atoms with Crippen molar-refractivity contribution >= 4 is 29.9 Å². The standard InChI is InChI=1S/C18H35F3N4O.HI/c1-4-17(5-2,8-10-26)13-24-16(22-6-3)23-11-15-7-9-25(12-15)14-18(19,20)21;/h15,26H,4-14H2,1-3H3,(H2,22,23,24);1H. The predicted octanol–water partition coefficient (Wildman–Crippen LogP) is 3.23. The van der Waals surface area contributed by atoms with E-state index < -0.39 is 12.7 Å². The van der Waals surface area contributed by atoms with E-state index in [9.17, 15) is 18.3 Å². The van der Waals surface area contributed by atoms with Gasteiger partial charge in [-0.25, -0.2) is 0 Å². The first-order valence-corrected chi connectivity index (χ1v) is 9.69. The fourth-order valence-corrected chi connectivity index (χ4v) is 3.45. The van der Waals surface area contributed by atoms with Crippen LogP contribution in [0.4, 0.5) is 13.2 Å². The number of likely N-dealkylation sites (tertiary alicyclic amines) is 1. The van der Waals surface area contributed by atoms with Gasteiger partial charge in [-0.15, -0.1) is 24.0 Å². The van der Waals surface area contributed by atoms with Crippen molar-refractivity contribution in [1.82, 2.24) is 15.5 Å². The molecule has 3 N–H and O–H groups in total. The molecule has 1 fully saturated rings. The van der Waals surface area contributed by atoms with E-state index in [-0.39, 0.29) is 41.9 Å². The molecule has 9 heteroatoms. The number of hydrogen-bond donors (Lipinski definition) is 3. The summed E-state index contributed by atoms with van der Waals surface area (Å²) in [6.07, 6.45) is -0.752. The summed E-state index contributed by atoms with van der Waals surface area (Å²) in [4.78, 5) is 6.14. The molecule has 1 heterocycles. The third-order valence-corrected chi connectivity index (χ3v) is 5.39. The monoisotopic (exact) mass is 508 g/mol. The van der Waals surface area contributed by atoms with Gasteiger partial charge in [-0.2, -0.15) is 13.2 Å². The lowest BCUT2D eigenvalue weighted by molar-refractivity contribution is -0.143. The lowest BCUT2D eigenvalue weighted by atomic mass is 9.79. The Kier molecular flexibility index (Phi) is 12.9. The van der Waals surface area contributed by atoms with Gasteiger partial charge >= 0.3 is 6.18 Å². The largest absolute Gasteiger partial charge is 0.401 e. The minimum Gasteiger partial charge on any atom is -0.396 e. The molecule has 0 saturated carbocycles. The van der Waals surface area contributed by atoms with E-state index in [1.54, 1.807) is 0 Å². The molecule has 1 rings (SSSR count). The molecule has 5 nitrogen and oxygen atoms in total. The molecule has 1 aliphatic heterocycles. The molecule has 1 unspecified atom stereocenters. The van der Waals surface area contributed by atoms with Crippen LogP contribution < -0.4 is 10.6 Å². The molecule has 1 saturated heterocycles. The number of nitrogens with one attached hydrogen (secondary N) is 2. The molecule has 0 bridgehead atoms. The zero-order valence-electron chi connectivity index (χ0n) is 16.7. The van der Waals surface area contributed by atoms with Gasteiger partial charge in [0.15, 0.2) is 5.96 Å². The number of aliphatic hydroxyl groups is 1. The average Bonchev–Trinajstić information content (AvgIpc) is 3.01. The van der Waals surface area contributed by atoms with Crippen molar-refractivity contribution in [3.05, 3.63) is 0 Å². The molecule has 162 valence electrons. The van der Waals surface area contributed by atoms with Crippen LogP contribution in [0.5, 0.6) is 0 Å². The Labute approximate surface area is 178 Å². The Bertz CT molecular complexity index is 431. The van der Waals surface area contributed by atoms with E-state index >= 15 is 0 Å². The van der Waals surface area contributed by atoms with Crippen LogP contribution in [0.25, 0.3) is 0 Å². The Hall–Kier alpha value is -0.290. The third-order valence-electron chi connectivity index (χ3n) is 5.39. The first kappa shape index (κ1) is 26.7. The molecule has 1 aliphatic rings. The Morgan fingerprint density at radius 2 is 1.85 bits per heavy atom. The quantitative estimate of drug-likeness (QED) is 0.241. The summed E-state index contributed by atoms with van der Waals surface area (Å²) in [7, 11) is 0. The van der Waals surface area contributed by atoms with Gasteiger partial charge in [0, 0.05) is 32.8 Å². The summed E-state index contributed by atoms with van der Waals surface area (Å²) in [6.45, 7) is 8.46. The minimum atomic E-state index is -4.13. The summed E-state index contributed by atoms with van der Waals surface area (Å²) in [5.41, 5.74) is -0.00598. The summed E-state index contributed by atoms with van der Waals surface area (Å²) in [5.74, 6) is 0.895. The van der Waals surface area contributed by atoms with Gasteiger partial charge in [0.05, 0.1) is 6.54 Å². The predicted molar refractivity (Wildman–Crippen MR) is 115 cm³/mol. The van der Waals surface area contributed by atoms with Crippen molar-refractivity contribution in [2.75, 3.05) is 45.9 Å². The molecule has 0 radical (unpaired) electrons. The number of alkyl halides is 3. The maximum Gasteiger partial charge on any atom is 0.401 e. The van der Waals surface area contributed by atoms with Crippen molar-refractivity contribution in [2.24, 2.45) is 16.3 Å². The number of halogens is 4. The maximum absolute atomic E-state index is 12.5. The fraction of sp³-hybridized carbons (Fsp3) is 0.944. The fourth-order valence-electron chi connectivity index (χ4n) is 3.45. The number of rotatable bonds is 10. The number of nitrogens with zero attached hydrogens (tertiary/aromatic N) is 2. The highest BCUT2D eigenvalue weighted by Gasteiger charge is 2.34. The van der Waals surface area contributed by atoms with Crippen LogP contribution in [-0.2, 0) is 0 Å². The molecule has 0 spiro atoms. The number of aliphatic hydroxyl groups excluding tert-OH is 1. The third kappa shape index (κ3) is 10.2. The van der Waals surface area contributed by atoms with E-state index in [0.29, 0.717) is 32.1 Å². The molecule has 1 atom stereocenters. The zero-order valence-corrected chi connectivity index (χ0v) is 19.1. The second-order valence-electron chi connectivity index (χ2n) is 7.26. The van der Waals surface area contributed by atoms with Crippen LogP contribution in [0.15, 0.2) is 4.99 Å². The summed E-state index contributed by atoms with van der Waals surface area (Å²) >= 11 is 0. The number of aliphatic imine (C=N–C) groups is 1. The Morgan fingerprint density at radius 3 is 2.37 bits per heavy atom. The summed E-state index contributed by atoms with van der Waals surface area (Å²) < 4.78 is 37.5. The second kappa shape index (κ2) is 13.0. The Balaban J connectivity index is 0.00000676. The first-order valence-electron chi connectivity index (χ1n) is 9.69. The molecule has 0 aromatic carbocycles. The van der Waals surface area contributed by atoms with Crippen molar-refractivity contribution in [2.45, 2.75) is 52.6 Å². The van der Waals surface area contributed by atoms with E-state index in [2.05, 4.69) is 29.5 Å². The molecule has 27 heavy (non-hydrogen) atoms. The summed E-state index contributed by atoms with van der Waals surface area (Å²) in [5, 5.41) is 15.8. The summed E-state index contributed by atoms with van der Waals surface area (Å²) in [6, 6.07) is 0. The molecule has 0 aromatic heterocycles. The van der Waals surface area contributed by atoms with Crippen LogP contribution in [0.2, 0.25) is 0 Å². The number of hydrogen-bond acceptors (Lipinski definition) is 3. The van der Waals surface area contributed by atoms with E-state index in [0.717, 1.165) is 32.2 Å². The van der Waals surface area contributed by atoms with Crippen LogP contribution in [-0.4, -0.2) is 68.0 Å². The molecule has 0 aliphatic carbocycles. The first-order chi connectivity index (χ1) is 12.3. The lowest BCUT2D eigenvalue weighted by Gasteiger charge is -2.29. The van der Waals surface area contributed by atoms with Gasteiger partial charge in [0.25, 0.3) is 0 Å². The van der Waals surface area contributed by atoms with Gasteiger partial charge in [-0.3, -0.25) is 9.89 Å². The molecular formula is C18H36F3IN4O. The smallest absolute Gasteiger partial charge is 0.396 e. The normalized spacial score (nSPS) is 19.1. The van der Waals surface area contributed by atoms with Gasteiger partial charge in [-0.05, 0) is 50.5 Å². The van der Waals surface area contributed by atoms with Gasteiger partial charge in [0.1, 0.15) is 0 Å². The van der Waals surface area contributed by atoms with Crippen molar-refractivity contribution in [3.63, 3.8) is 0 Å². The van der Waals surface area contributed by atoms with Crippen LogP contribution in [0.1, 0.15) is 46.5 Å². The van der Waals surface area contributed by atoms with Gasteiger partial charge in [0.2, 0.25) is 0 Å². The second-order valence-corrected chi connectivity index (χ2v) is 7.26.